The van der Waals surface area contributed by atoms with E-state index in [1.54, 1.807) is 0 Å². The molecule has 1 saturated carbocycles. The number of benzene rings is 2. The second-order valence-electron chi connectivity index (χ2n) is 6.85. The Bertz CT molecular complexity index is 650. The second kappa shape index (κ2) is 7.65. The van der Waals surface area contributed by atoms with E-state index in [-0.39, 0.29) is 17.5 Å². The van der Waals surface area contributed by atoms with E-state index < -0.39 is 0 Å². The van der Waals surface area contributed by atoms with Crippen LogP contribution in [-0.2, 0) is 11.2 Å². The Morgan fingerprint density at radius 1 is 1.08 bits per heavy atom. The molecule has 0 amide bonds. The van der Waals surface area contributed by atoms with Gasteiger partial charge in [-0.05, 0) is 56.2 Å². The highest BCUT2D eigenvalue weighted by molar-refractivity contribution is 5.89. The number of esters is 1. The number of hydrogen-bond donors (Lipinski definition) is 0. The number of aryl methyl sites for hydroxylation is 1. The van der Waals surface area contributed by atoms with Crippen LogP contribution in [0.1, 0.15) is 54.9 Å². The zero-order valence-electron chi connectivity index (χ0n) is 14.4. The van der Waals surface area contributed by atoms with Crippen LogP contribution in [0.2, 0.25) is 0 Å². The molecule has 0 aliphatic heterocycles. The van der Waals surface area contributed by atoms with E-state index in [9.17, 15) is 4.79 Å². The molecule has 1 aliphatic carbocycles. The molecule has 1 fully saturated rings. The molecule has 0 N–H and O–H groups in total. The third kappa shape index (κ3) is 3.69. The summed E-state index contributed by atoms with van der Waals surface area (Å²) in [6, 6.07) is 19.9. The maximum absolute atomic E-state index is 12.5. The van der Waals surface area contributed by atoms with E-state index in [1.165, 1.54) is 5.56 Å². The van der Waals surface area contributed by atoms with Gasteiger partial charge in [-0.1, -0.05) is 55.5 Å². The molecular formula is C22H26O2. The third-order valence-electron chi connectivity index (χ3n) is 5.54. The Balaban J connectivity index is 1.68. The Labute approximate surface area is 144 Å². The quantitative estimate of drug-likeness (QED) is 0.663. The molecule has 2 nitrogen and oxygen atoms in total. The molecule has 0 radical (unpaired) electrons. The zero-order valence-corrected chi connectivity index (χ0v) is 14.4. The molecule has 1 aliphatic rings. The lowest BCUT2D eigenvalue weighted by Crippen LogP contribution is -2.34. The van der Waals surface area contributed by atoms with Crippen molar-refractivity contribution >= 4 is 5.97 Å². The van der Waals surface area contributed by atoms with Gasteiger partial charge in [-0.25, -0.2) is 4.79 Å². The van der Waals surface area contributed by atoms with Gasteiger partial charge >= 0.3 is 5.97 Å². The molecule has 2 atom stereocenters. The summed E-state index contributed by atoms with van der Waals surface area (Å²) in [7, 11) is 0. The zero-order chi connectivity index (χ0) is 16.8. The van der Waals surface area contributed by atoms with Crippen LogP contribution in [0.25, 0.3) is 0 Å². The van der Waals surface area contributed by atoms with Crippen LogP contribution in [0.5, 0.6) is 0 Å². The van der Waals surface area contributed by atoms with Crippen molar-refractivity contribution in [3.8, 4) is 0 Å². The molecule has 126 valence electrons. The fourth-order valence-corrected chi connectivity index (χ4v) is 3.97. The van der Waals surface area contributed by atoms with Gasteiger partial charge in [0.1, 0.15) is 6.10 Å². The summed E-state index contributed by atoms with van der Waals surface area (Å²) in [6.07, 6.45) is 6.53. The predicted molar refractivity (Wildman–Crippen MR) is 97.0 cm³/mol. The molecule has 2 unspecified atom stereocenters. The summed E-state index contributed by atoms with van der Waals surface area (Å²) < 4.78 is 5.95. The van der Waals surface area contributed by atoms with Crippen molar-refractivity contribution < 1.29 is 9.53 Å². The van der Waals surface area contributed by atoms with E-state index in [2.05, 4.69) is 37.3 Å². The van der Waals surface area contributed by atoms with Gasteiger partial charge < -0.3 is 4.74 Å². The van der Waals surface area contributed by atoms with Crippen LogP contribution in [0.15, 0.2) is 60.7 Å². The first-order chi connectivity index (χ1) is 11.7. The second-order valence-corrected chi connectivity index (χ2v) is 6.85. The summed E-state index contributed by atoms with van der Waals surface area (Å²) in [5.74, 6) is -0.181. The van der Waals surface area contributed by atoms with Crippen LogP contribution in [0.3, 0.4) is 0 Å². The summed E-state index contributed by atoms with van der Waals surface area (Å²) in [5.41, 5.74) is 2.14. The van der Waals surface area contributed by atoms with Gasteiger partial charge in [-0.3, -0.25) is 0 Å². The minimum Gasteiger partial charge on any atom is -0.458 e. The van der Waals surface area contributed by atoms with E-state index >= 15 is 0 Å². The van der Waals surface area contributed by atoms with Gasteiger partial charge in [0.25, 0.3) is 0 Å². The van der Waals surface area contributed by atoms with Crippen molar-refractivity contribution in [2.24, 2.45) is 5.41 Å². The fourth-order valence-electron chi connectivity index (χ4n) is 3.97. The molecule has 24 heavy (non-hydrogen) atoms. The Hall–Kier alpha value is -2.09. The minimum absolute atomic E-state index is 0.0407. The molecule has 3 rings (SSSR count). The molecule has 0 bridgehead atoms. The maximum atomic E-state index is 12.5. The molecule has 2 aromatic carbocycles. The van der Waals surface area contributed by atoms with Gasteiger partial charge in [-0.15, -0.1) is 0 Å². The molecule has 0 spiro atoms. The van der Waals surface area contributed by atoms with E-state index in [1.807, 2.05) is 30.3 Å². The molecule has 2 aromatic rings. The van der Waals surface area contributed by atoms with E-state index in [4.69, 9.17) is 4.74 Å². The first kappa shape index (κ1) is 16.8. The van der Waals surface area contributed by atoms with Gasteiger partial charge in [0.15, 0.2) is 0 Å². The fraction of sp³-hybridized carbons (Fsp3) is 0.409. The van der Waals surface area contributed by atoms with Gasteiger partial charge in [0, 0.05) is 5.41 Å². The molecule has 0 aromatic heterocycles. The standard InChI is InChI=1S/C22H26O2/c1-2-22(17-15-18-10-5-3-6-11-18)16-9-14-20(22)24-21(23)19-12-7-4-8-13-19/h3-8,10-13,20H,2,9,14-17H2,1H3. The predicted octanol–water partition coefficient (Wildman–Crippen LogP) is 5.43. The summed E-state index contributed by atoms with van der Waals surface area (Å²) in [5, 5.41) is 0. The number of rotatable bonds is 6. The number of hydrogen-bond acceptors (Lipinski definition) is 2. The van der Waals surface area contributed by atoms with Gasteiger partial charge in [0.05, 0.1) is 5.56 Å². The van der Waals surface area contributed by atoms with Crippen LogP contribution in [0.4, 0.5) is 0 Å². The van der Waals surface area contributed by atoms with Crippen LogP contribution in [0, 0.1) is 5.41 Å². The van der Waals surface area contributed by atoms with Gasteiger partial charge in [0.2, 0.25) is 0 Å². The molecular weight excluding hydrogens is 296 g/mol. The van der Waals surface area contributed by atoms with Crippen molar-refractivity contribution in [2.75, 3.05) is 0 Å². The Morgan fingerprint density at radius 3 is 2.42 bits per heavy atom. The SMILES string of the molecule is CCC1(CCc2ccccc2)CCCC1OC(=O)c1ccccc1. The average Bonchev–Trinajstić information content (AvgIpc) is 3.04. The molecule has 0 saturated heterocycles. The monoisotopic (exact) mass is 322 g/mol. The van der Waals surface area contributed by atoms with Crippen molar-refractivity contribution in [1.29, 1.82) is 0 Å². The molecule has 2 heteroatoms. The average molecular weight is 322 g/mol. The highest BCUT2D eigenvalue weighted by atomic mass is 16.5. The first-order valence-corrected chi connectivity index (χ1v) is 9.03. The van der Waals surface area contributed by atoms with E-state index in [0.717, 1.165) is 38.5 Å². The largest absolute Gasteiger partial charge is 0.458 e. The van der Waals surface area contributed by atoms with Crippen molar-refractivity contribution in [3.05, 3.63) is 71.8 Å². The first-order valence-electron chi connectivity index (χ1n) is 9.03. The van der Waals surface area contributed by atoms with Crippen molar-refractivity contribution in [2.45, 2.75) is 51.6 Å². The summed E-state index contributed by atoms with van der Waals surface area (Å²) in [4.78, 5) is 12.5. The van der Waals surface area contributed by atoms with Gasteiger partial charge in [-0.2, -0.15) is 0 Å². The lowest BCUT2D eigenvalue weighted by molar-refractivity contribution is -0.00982. The highest BCUT2D eigenvalue weighted by Gasteiger charge is 2.43. The number of carbonyl (C=O) groups is 1. The lowest BCUT2D eigenvalue weighted by atomic mass is 9.76. The van der Waals surface area contributed by atoms with Crippen molar-refractivity contribution in [3.63, 3.8) is 0 Å². The van der Waals surface area contributed by atoms with Crippen LogP contribution in [-0.4, -0.2) is 12.1 Å². The molecule has 0 heterocycles. The summed E-state index contributed by atoms with van der Waals surface area (Å²) in [6.45, 7) is 2.24. The van der Waals surface area contributed by atoms with Crippen LogP contribution < -0.4 is 0 Å². The normalized spacial score (nSPS) is 23.1. The topological polar surface area (TPSA) is 26.3 Å². The maximum Gasteiger partial charge on any atom is 0.338 e. The minimum atomic E-state index is -0.181. The highest BCUT2D eigenvalue weighted by Crippen LogP contribution is 2.46. The smallest absolute Gasteiger partial charge is 0.338 e. The number of carbonyl (C=O) groups excluding carboxylic acids is 1. The van der Waals surface area contributed by atoms with Crippen molar-refractivity contribution in [1.82, 2.24) is 0 Å². The summed E-state index contributed by atoms with van der Waals surface area (Å²) >= 11 is 0. The Morgan fingerprint density at radius 2 is 1.75 bits per heavy atom. The van der Waals surface area contributed by atoms with E-state index in [0.29, 0.717) is 5.56 Å². The van der Waals surface area contributed by atoms with Crippen LogP contribution >= 0.6 is 0 Å². The lowest BCUT2D eigenvalue weighted by Gasteiger charge is -2.34. The Kier molecular flexibility index (Phi) is 5.34. The number of ether oxygens (including phenoxy) is 1. The third-order valence-corrected chi connectivity index (χ3v) is 5.54.